The minimum absolute atomic E-state index is 0.197. The predicted octanol–water partition coefficient (Wildman–Crippen LogP) is 2.91. The van der Waals surface area contributed by atoms with Gasteiger partial charge in [0.25, 0.3) is 0 Å². The number of nitrogens with zero attached hydrogens (tertiary/aromatic N) is 5. The maximum absolute atomic E-state index is 12.9. The first kappa shape index (κ1) is 17.6. The molecule has 136 valence electrons. The van der Waals surface area contributed by atoms with Crippen LogP contribution in [0.15, 0.2) is 42.7 Å². The van der Waals surface area contributed by atoms with Crippen LogP contribution in [0, 0.1) is 6.92 Å². The number of halogens is 3. The highest BCUT2D eigenvalue weighted by molar-refractivity contribution is 5.46. The van der Waals surface area contributed by atoms with Gasteiger partial charge in [0, 0.05) is 25.5 Å². The van der Waals surface area contributed by atoms with E-state index in [-0.39, 0.29) is 12.4 Å². The second-order valence-electron chi connectivity index (χ2n) is 5.43. The van der Waals surface area contributed by atoms with Gasteiger partial charge in [-0.15, -0.1) is 10.2 Å². The lowest BCUT2D eigenvalue weighted by molar-refractivity contribution is -0.137. The van der Waals surface area contributed by atoms with Crippen LogP contribution in [-0.4, -0.2) is 38.1 Å². The highest BCUT2D eigenvalue weighted by Crippen LogP contribution is 2.33. The van der Waals surface area contributed by atoms with Crippen LogP contribution in [0.2, 0.25) is 0 Å². The van der Waals surface area contributed by atoms with Gasteiger partial charge in [-0.05, 0) is 37.3 Å². The molecule has 7 nitrogen and oxygen atoms in total. The average Bonchev–Trinajstić information content (AvgIpc) is 3.05. The van der Waals surface area contributed by atoms with Crippen LogP contribution in [0.25, 0.3) is 5.82 Å². The van der Waals surface area contributed by atoms with Crippen LogP contribution in [0.4, 0.5) is 24.8 Å². The van der Waals surface area contributed by atoms with Crippen molar-refractivity contribution in [2.75, 3.05) is 23.7 Å². The Bertz CT molecular complexity index is 859. The SMILES string of the molecule is Cc1ccn(-c2ccc(NCCNc3ncccc3C(F)(F)F)nn2)n1. The molecular formula is C16H16F3N7. The third-order valence-electron chi connectivity index (χ3n) is 3.44. The highest BCUT2D eigenvalue weighted by atomic mass is 19.4. The first-order valence-electron chi connectivity index (χ1n) is 7.80. The van der Waals surface area contributed by atoms with Crippen molar-refractivity contribution in [3.05, 3.63) is 54.0 Å². The zero-order chi connectivity index (χ0) is 18.6. The summed E-state index contributed by atoms with van der Waals surface area (Å²) < 4.78 is 40.2. The number of rotatable bonds is 6. The largest absolute Gasteiger partial charge is 0.419 e. The number of hydrogen-bond donors (Lipinski definition) is 2. The smallest absolute Gasteiger partial charge is 0.368 e. The third kappa shape index (κ3) is 4.26. The summed E-state index contributed by atoms with van der Waals surface area (Å²) in [4.78, 5) is 3.74. The highest BCUT2D eigenvalue weighted by Gasteiger charge is 2.33. The predicted molar refractivity (Wildman–Crippen MR) is 90.1 cm³/mol. The van der Waals surface area contributed by atoms with Crippen molar-refractivity contribution in [1.29, 1.82) is 0 Å². The average molecular weight is 363 g/mol. The van der Waals surface area contributed by atoms with Crippen LogP contribution in [0.1, 0.15) is 11.3 Å². The van der Waals surface area contributed by atoms with Gasteiger partial charge in [-0.1, -0.05) is 0 Å². The molecule has 0 aromatic carbocycles. The van der Waals surface area contributed by atoms with E-state index in [0.29, 0.717) is 18.2 Å². The van der Waals surface area contributed by atoms with Gasteiger partial charge in [-0.3, -0.25) is 0 Å². The number of aryl methyl sites for hydroxylation is 1. The molecular weight excluding hydrogens is 347 g/mol. The molecule has 3 rings (SSSR count). The zero-order valence-corrected chi connectivity index (χ0v) is 13.8. The number of nitrogens with one attached hydrogen (secondary N) is 2. The van der Waals surface area contributed by atoms with E-state index < -0.39 is 11.7 Å². The van der Waals surface area contributed by atoms with Gasteiger partial charge in [0.15, 0.2) is 5.82 Å². The van der Waals surface area contributed by atoms with Crippen LogP contribution < -0.4 is 10.6 Å². The molecule has 2 N–H and O–H groups in total. The van der Waals surface area contributed by atoms with Crippen molar-refractivity contribution in [3.63, 3.8) is 0 Å². The van der Waals surface area contributed by atoms with E-state index >= 15 is 0 Å². The van der Waals surface area contributed by atoms with Crippen LogP contribution in [0.3, 0.4) is 0 Å². The van der Waals surface area contributed by atoms with Crippen LogP contribution in [-0.2, 0) is 6.18 Å². The Kier molecular flexibility index (Phi) is 5.01. The van der Waals surface area contributed by atoms with E-state index in [1.807, 2.05) is 13.0 Å². The zero-order valence-electron chi connectivity index (χ0n) is 13.8. The first-order chi connectivity index (χ1) is 12.4. The van der Waals surface area contributed by atoms with E-state index in [4.69, 9.17) is 0 Å². The molecule has 0 amide bonds. The fourth-order valence-electron chi connectivity index (χ4n) is 2.23. The fraction of sp³-hybridized carbons (Fsp3) is 0.250. The number of anilines is 2. The second kappa shape index (κ2) is 7.38. The van der Waals surface area contributed by atoms with Gasteiger partial charge in [0.05, 0.1) is 11.3 Å². The number of alkyl halides is 3. The summed E-state index contributed by atoms with van der Waals surface area (Å²) in [5, 5.41) is 18.0. The number of aromatic nitrogens is 5. The first-order valence-corrected chi connectivity index (χ1v) is 7.80. The summed E-state index contributed by atoms with van der Waals surface area (Å²) in [5.41, 5.74) is 0.0754. The van der Waals surface area contributed by atoms with Crippen molar-refractivity contribution in [2.45, 2.75) is 13.1 Å². The van der Waals surface area contributed by atoms with E-state index in [9.17, 15) is 13.2 Å². The van der Waals surface area contributed by atoms with Crippen molar-refractivity contribution in [1.82, 2.24) is 25.0 Å². The molecule has 26 heavy (non-hydrogen) atoms. The van der Waals surface area contributed by atoms with Crippen molar-refractivity contribution in [3.8, 4) is 5.82 Å². The molecule has 3 heterocycles. The van der Waals surface area contributed by atoms with Gasteiger partial charge in [0.2, 0.25) is 0 Å². The Morgan fingerprint density at radius 3 is 2.50 bits per heavy atom. The lowest BCUT2D eigenvalue weighted by atomic mass is 10.2. The molecule has 3 aromatic heterocycles. The fourth-order valence-corrected chi connectivity index (χ4v) is 2.23. The summed E-state index contributed by atoms with van der Waals surface area (Å²) in [6.45, 7) is 2.46. The van der Waals surface area contributed by atoms with Gasteiger partial charge >= 0.3 is 6.18 Å². The van der Waals surface area contributed by atoms with E-state index in [1.165, 1.54) is 12.3 Å². The monoisotopic (exact) mass is 363 g/mol. The third-order valence-corrected chi connectivity index (χ3v) is 3.44. The van der Waals surface area contributed by atoms with E-state index in [1.54, 1.807) is 23.0 Å². The van der Waals surface area contributed by atoms with Gasteiger partial charge in [-0.25, -0.2) is 9.67 Å². The van der Waals surface area contributed by atoms with Crippen molar-refractivity contribution in [2.24, 2.45) is 0 Å². The molecule has 0 aliphatic carbocycles. The van der Waals surface area contributed by atoms with Crippen molar-refractivity contribution >= 4 is 11.6 Å². The quantitative estimate of drug-likeness (QED) is 0.656. The van der Waals surface area contributed by atoms with Gasteiger partial charge < -0.3 is 10.6 Å². The second-order valence-corrected chi connectivity index (χ2v) is 5.43. The molecule has 0 unspecified atom stereocenters. The molecule has 0 radical (unpaired) electrons. The summed E-state index contributed by atoms with van der Waals surface area (Å²) in [7, 11) is 0. The molecule has 0 aliphatic heterocycles. The van der Waals surface area contributed by atoms with Crippen LogP contribution >= 0.6 is 0 Å². The Balaban J connectivity index is 1.53. The molecule has 0 atom stereocenters. The minimum atomic E-state index is -4.45. The Morgan fingerprint density at radius 2 is 1.85 bits per heavy atom. The maximum atomic E-state index is 12.9. The Hall–Kier alpha value is -3.17. The number of hydrogen-bond acceptors (Lipinski definition) is 6. The molecule has 0 saturated heterocycles. The van der Waals surface area contributed by atoms with Gasteiger partial charge in [-0.2, -0.15) is 18.3 Å². The van der Waals surface area contributed by atoms with Crippen LogP contribution in [0.5, 0.6) is 0 Å². The molecule has 0 bridgehead atoms. The molecule has 0 aliphatic rings. The normalized spacial score (nSPS) is 11.4. The lowest BCUT2D eigenvalue weighted by Gasteiger charge is -2.13. The van der Waals surface area contributed by atoms with E-state index in [2.05, 4.69) is 30.9 Å². The minimum Gasteiger partial charge on any atom is -0.368 e. The summed E-state index contributed by atoms with van der Waals surface area (Å²) in [6.07, 6.45) is -1.36. The molecule has 3 aromatic rings. The Morgan fingerprint density at radius 1 is 1.04 bits per heavy atom. The molecule has 10 heteroatoms. The standard InChI is InChI=1S/C16H16F3N7/c1-11-6-10-26(25-11)14-5-4-13(23-24-14)20-8-9-22-15-12(16(17,18)19)3-2-7-21-15/h2-7,10H,8-9H2,1H3,(H,20,23)(H,21,22). The molecule has 0 saturated carbocycles. The van der Waals surface area contributed by atoms with Crippen molar-refractivity contribution < 1.29 is 13.2 Å². The number of pyridine rings is 1. The topological polar surface area (TPSA) is 80.5 Å². The summed E-state index contributed by atoms with van der Waals surface area (Å²) >= 11 is 0. The maximum Gasteiger partial charge on any atom is 0.419 e. The lowest BCUT2D eigenvalue weighted by Crippen LogP contribution is -2.18. The Labute approximate surface area is 147 Å². The summed E-state index contributed by atoms with van der Waals surface area (Å²) in [6, 6.07) is 7.57. The van der Waals surface area contributed by atoms with E-state index in [0.717, 1.165) is 11.8 Å². The summed E-state index contributed by atoms with van der Waals surface area (Å²) in [5.74, 6) is 0.888. The van der Waals surface area contributed by atoms with Gasteiger partial charge in [0.1, 0.15) is 11.6 Å². The molecule has 0 spiro atoms. The molecule has 0 fully saturated rings.